The van der Waals surface area contributed by atoms with Crippen molar-refractivity contribution in [3.63, 3.8) is 0 Å². The molecule has 5 aliphatic rings. The van der Waals surface area contributed by atoms with Crippen molar-refractivity contribution in [2.24, 2.45) is 10.8 Å². The SMILES string of the molecule is CC(Cl)P([P+](C1=CCCC1)(C(C)C)C(C)C)[P+](C(C)C)(C(C)C)C1C23CCCC1(CC2)C3. The second-order valence-electron chi connectivity index (χ2n) is 13.0. The number of halogens is 1. The van der Waals surface area contributed by atoms with Crippen LogP contribution in [-0.2, 0) is 0 Å². The Labute approximate surface area is 208 Å². The summed E-state index contributed by atoms with van der Waals surface area (Å²) in [5, 5.41) is 2.30. The van der Waals surface area contributed by atoms with Crippen molar-refractivity contribution >= 4 is 32.8 Å². The van der Waals surface area contributed by atoms with E-state index in [9.17, 15) is 0 Å². The van der Waals surface area contributed by atoms with Crippen molar-refractivity contribution in [1.29, 1.82) is 0 Å². The zero-order valence-corrected chi connectivity index (χ0v) is 26.1. The van der Waals surface area contributed by atoms with Gasteiger partial charge in [-0.3, -0.25) is 0 Å². The summed E-state index contributed by atoms with van der Waals surface area (Å²) in [5.41, 5.74) is 5.68. The second-order valence-corrected chi connectivity index (χ2v) is 31.3. The van der Waals surface area contributed by atoms with Crippen LogP contribution < -0.4 is 0 Å². The molecule has 0 nitrogen and oxygen atoms in total. The van der Waals surface area contributed by atoms with Crippen molar-refractivity contribution in [2.75, 3.05) is 0 Å². The van der Waals surface area contributed by atoms with Crippen LogP contribution in [0.25, 0.3) is 0 Å². The molecule has 32 heavy (non-hydrogen) atoms. The van der Waals surface area contributed by atoms with E-state index in [2.05, 4.69) is 68.4 Å². The van der Waals surface area contributed by atoms with Crippen molar-refractivity contribution in [3.05, 3.63) is 11.4 Å². The molecule has 0 aliphatic heterocycles. The Morgan fingerprint density at radius 1 is 0.812 bits per heavy atom. The van der Waals surface area contributed by atoms with E-state index in [0.717, 1.165) is 28.3 Å². The van der Waals surface area contributed by atoms with Gasteiger partial charge in [0.25, 0.3) is 0 Å². The lowest BCUT2D eigenvalue weighted by atomic mass is 9.52. The van der Waals surface area contributed by atoms with E-state index in [1.807, 2.05) is 5.31 Å². The molecule has 2 bridgehead atoms. The largest absolute Gasteiger partial charge is 0.232 e. The molecule has 0 N–H and O–H groups in total. The van der Waals surface area contributed by atoms with E-state index in [4.69, 9.17) is 11.6 Å². The molecule has 5 rings (SSSR count). The Morgan fingerprint density at radius 2 is 1.34 bits per heavy atom. The van der Waals surface area contributed by atoms with Gasteiger partial charge in [0.15, 0.2) is 0 Å². The number of hydrogen-bond acceptors (Lipinski definition) is 0. The van der Waals surface area contributed by atoms with Crippen LogP contribution in [0.1, 0.15) is 120 Å². The summed E-state index contributed by atoms with van der Waals surface area (Å²) in [6.07, 6.45) is 16.1. The third kappa shape index (κ3) is 3.31. The van der Waals surface area contributed by atoms with Crippen LogP contribution in [0, 0.1) is 10.8 Å². The normalized spacial score (nSPS) is 34.4. The van der Waals surface area contributed by atoms with Crippen LogP contribution in [0.3, 0.4) is 0 Å². The lowest BCUT2D eigenvalue weighted by molar-refractivity contribution is -0.00789. The number of allylic oxidation sites excluding steroid dienone is 2. The van der Waals surface area contributed by atoms with Crippen molar-refractivity contribution < 1.29 is 0 Å². The quantitative estimate of drug-likeness (QED) is 0.211. The molecule has 0 radical (unpaired) electrons. The average molecular weight is 517 g/mol. The molecule has 0 amide bonds. The van der Waals surface area contributed by atoms with Gasteiger partial charge in [-0.05, 0) is 113 Å². The number of fused-ring (bicyclic) bond motifs is 1. The highest BCUT2D eigenvalue weighted by Gasteiger charge is 2.85. The molecular weight excluding hydrogens is 465 g/mol. The second kappa shape index (κ2) is 9.01. The van der Waals surface area contributed by atoms with E-state index >= 15 is 0 Å². The fourth-order valence-corrected chi connectivity index (χ4v) is 53.1. The van der Waals surface area contributed by atoms with E-state index in [0.29, 0.717) is 15.9 Å². The first kappa shape index (κ1) is 26.4. The summed E-state index contributed by atoms with van der Waals surface area (Å²) in [7, 11) is -0.207. The van der Waals surface area contributed by atoms with Crippen LogP contribution in [0.2, 0.25) is 0 Å². The van der Waals surface area contributed by atoms with Crippen LogP contribution in [0.15, 0.2) is 11.4 Å². The Hall–Kier alpha value is 1.32. The van der Waals surface area contributed by atoms with E-state index in [1.54, 1.807) is 19.3 Å². The molecule has 0 aromatic rings. The molecule has 4 saturated carbocycles. The van der Waals surface area contributed by atoms with Gasteiger partial charge in [0.05, 0.1) is 40.6 Å². The fourth-order valence-electron chi connectivity index (χ4n) is 10.2. The first-order chi connectivity index (χ1) is 14.9. The lowest BCUT2D eigenvalue weighted by Crippen LogP contribution is -2.59. The summed E-state index contributed by atoms with van der Waals surface area (Å²) in [5.74, 6) is 0. The van der Waals surface area contributed by atoms with Gasteiger partial charge >= 0.3 is 0 Å². The first-order valence-corrected chi connectivity index (χ1v) is 21.0. The summed E-state index contributed by atoms with van der Waals surface area (Å²) in [4.78, 5) is 0. The molecule has 5 aliphatic carbocycles. The van der Waals surface area contributed by atoms with Crippen LogP contribution in [-0.4, -0.2) is 33.4 Å². The van der Waals surface area contributed by atoms with Gasteiger partial charge in [-0.1, -0.05) is 6.42 Å². The average Bonchev–Trinajstić information content (AvgIpc) is 3.37. The van der Waals surface area contributed by atoms with Gasteiger partial charge < -0.3 is 0 Å². The fraction of sp³-hybridized carbons (Fsp3) is 0.929. The Balaban J connectivity index is 2.00. The number of rotatable bonds is 9. The Bertz CT molecular complexity index is 697. The molecule has 0 heterocycles. The predicted molar refractivity (Wildman–Crippen MR) is 155 cm³/mol. The van der Waals surface area contributed by atoms with Crippen LogP contribution in [0.4, 0.5) is 0 Å². The molecule has 4 fully saturated rings. The van der Waals surface area contributed by atoms with Crippen molar-refractivity contribution in [1.82, 2.24) is 0 Å². The predicted octanol–water partition coefficient (Wildman–Crippen LogP) is 11.3. The maximum atomic E-state index is 7.62. The Morgan fingerprint density at radius 3 is 1.72 bits per heavy atom. The molecule has 4 heteroatoms. The topological polar surface area (TPSA) is 0 Å². The molecule has 4 unspecified atom stereocenters. The van der Waals surface area contributed by atoms with E-state index < -0.39 is 13.9 Å². The van der Waals surface area contributed by atoms with Gasteiger partial charge in [-0.25, -0.2) is 0 Å². The van der Waals surface area contributed by atoms with E-state index in [-0.39, 0.29) is 7.30 Å². The lowest BCUT2D eigenvalue weighted by Gasteiger charge is -2.66. The van der Waals surface area contributed by atoms with Gasteiger partial charge in [-0.2, -0.15) is 0 Å². The van der Waals surface area contributed by atoms with Gasteiger partial charge in [0, 0.05) is 17.3 Å². The smallest absolute Gasteiger partial charge is 0.110 e. The highest BCUT2D eigenvalue weighted by atomic mass is 35.5. The standard InChI is InChI=1S/C28H52ClP3/c1-20(2)31(21(3)4,25-13-10-11-14-25)30(24(9)29)32(22(5)6,23(7)8)26-27-15-12-16-28(26,19-27)18-17-27/h13,20-24,26H,10-12,14-19H2,1-9H3/q+2. The molecule has 0 spiro atoms. The summed E-state index contributed by atoms with van der Waals surface area (Å²) in [6.45, 7) is 21.0. The maximum Gasteiger partial charge on any atom is 0.232 e. The van der Waals surface area contributed by atoms with Gasteiger partial charge in [0.2, 0.25) is 7.30 Å². The molecule has 0 aromatic heterocycles. The van der Waals surface area contributed by atoms with Crippen LogP contribution >= 0.6 is 32.8 Å². The van der Waals surface area contributed by atoms with Crippen molar-refractivity contribution in [3.8, 4) is 0 Å². The minimum absolute atomic E-state index is 0.207. The highest BCUT2D eigenvalue weighted by molar-refractivity contribution is 8.71. The Kier molecular flexibility index (Phi) is 7.43. The van der Waals surface area contributed by atoms with Gasteiger partial charge in [-0.15, -0.1) is 11.6 Å². The summed E-state index contributed by atoms with van der Waals surface area (Å²) >= 11 is 7.62. The maximum absolute atomic E-state index is 7.62. The van der Waals surface area contributed by atoms with Crippen LogP contribution in [0.5, 0.6) is 0 Å². The summed E-state index contributed by atoms with van der Waals surface area (Å²) in [6, 6.07) is 0. The zero-order valence-electron chi connectivity index (χ0n) is 22.6. The van der Waals surface area contributed by atoms with Gasteiger partial charge in [0.1, 0.15) is 12.1 Å². The molecule has 4 atom stereocenters. The zero-order chi connectivity index (χ0) is 23.7. The minimum Gasteiger partial charge on any atom is -0.110 e. The molecule has 184 valence electrons. The molecule has 0 saturated heterocycles. The van der Waals surface area contributed by atoms with Crippen molar-refractivity contribution in [2.45, 2.75) is 154 Å². The monoisotopic (exact) mass is 516 g/mol. The van der Waals surface area contributed by atoms with E-state index in [1.165, 1.54) is 38.5 Å². The third-order valence-corrected chi connectivity index (χ3v) is 42.3. The number of alkyl halides is 1. The minimum atomic E-state index is -1.34. The molecule has 0 aromatic carbocycles. The molecular formula is C28H52ClP3+2. The highest BCUT2D eigenvalue weighted by Crippen LogP contribution is 3.15. The number of hydrogen-bond donors (Lipinski definition) is 0. The first-order valence-electron chi connectivity index (χ1n) is 13.8. The summed E-state index contributed by atoms with van der Waals surface area (Å²) < 4.78 is 0. The third-order valence-electron chi connectivity index (χ3n) is 10.5.